The normalized spacial score (nSPS) is 15.5. The van der Waals surface area contributed by atoms with E-state index < -0.39 is 32.7 Å². The summed E-state index contributed by atoms with van der Waals surface area (Å²) in [7, 11) is -9.21. The Morgan fingerprint density at radius 3 is 2.09 bits per heavy atom. The molecule has 1 aromatic carbocycles. The van der Waals surface area contributed by atoms with Crippen LogP contribution in [0.4, 0.5) is 0 Å². The maximum atomic E-state index is 11.2. The summed E-state index contributed by atoms with van der Waals surface area (Å²) in [6, 6.07) is 3.94. The van der Waals surface area contributed by atoms with Gasteiger partial charge in [0, 0.05) is 11.1 Å². The van der Waals surface area contributed by atoms with E-state index in [4.69, 9.17) is 20.7 Å². The number of hydrogen-bond donors (Lipinski definition) is 4. The Balaban J connectivity index is 3.30. The second-order valence-electron chi connectivity index (χ2n) is 4.58. The number of nitrogens with one attached hydrogen (secondary N) is 2. The van der Waals surface area contributed by atoms with Gasteiger partial charge in [0.1, 0.15) is 0 Å². The molecule has 0 aliphatic carbocycles. The summed E-state index contributed by atoms with van der Waals surface area (Å²) in [5, 5.41) is 0.182. The van der Waals surface area contributed by atoms with E-state index in [9.17, 15) is 16.8 Å². The van der Waals surface area contributed by atoms with Crippen molar-refractivity contribution in [3.8, 4) is 0 Å². The van der Waals surface area contributed by atoms with Gasteiger partial charge in [0.15, 0.2) is 0 Å². The molecule has 2 atom stereocenters. The molecule has 0 bridgehead atoms. The maximum absolute atomic E-state index is 11.2. The van der Waals surface area contributed by atoms with Crippen LogP contribution >= 0.6 is 11.6 Å². The first-order chi connectivity index (χ1) is 10.0. The van der Waals surface area contributed by atoms with Crippen molar-refractivity contribution >= 4 is 32.2 Å². The maximum Gasteiger partial charge on any atom is 0.333 e. The van der Waals surface area contributed by atoms with Crippen molar-refractivity contribution in [3.05, 3.63) is 34.9 Å². The molecule has 0 aliphatic heterocycles. The lowest BCUT2D eigenvalue weighted by molar-refractivity contribution is 0.384. The Morgan fingerprint density at radius 1 is 1.09 bits per heavy atom. The average Bonchev–Trinajstić information content (AvgIpc) is 2.34. The summed E-state index contributed by atoms with van der Waals surface area (Å²) in [5.74, 6) is 0. The second-order valence-corrected chi connectivity index (χ2v) is 7.36. The molecule has 0 saturated carbocycles. The summed E-state index contributed by atoms with van der Waals surface area (Å²) in [6.45, 7) is 1.75. The summed E-state index contributed by atoms with van der Waals surface area (Å²) >= 11 is 6.01. The third-order valence-electron chi connectivity index (χ3n) is 2.82. The van der Waals surface area contributed by atoms with Gasteiger partial charge in [-0.1, -0.05) is 43.1 Å². The standard InChI is InChI=1S/C11H17ClN2O6S2/c1-2-5-10(13-21(15,16)17)11(14-22(18,19)20)8-6-3-4-7-9(8)12/h3-4,6-7,10-11,13-14H,2,5H2,1H3,(H,15,16,17)(H,18,19,20)/t10-,11-/m1/s1. The Kier molecular flexibility index (Phi) is 6.74. The van der Waals surface area contributed by atoms with Gasteiger partial charge in [0.2, 0.25) is 0 Å². The fraction of sp³-hybridized carbons (Fsp3) is 0.455. The quantitative estimate of drug-likeness (QED) is 0.509. The van der Waals surface area contributed by atoms with Gasteiger partial charge in [-0.3, -0.25) is 9.11 Å². The molecule has 22 heavy (non-hydrogen) atoms. The monoisotopic (exact) mass is 372 g/mol. The van der Waals surface area contributed by atoms with Gasteiger partial charge in [-0.15, -0.1) is 0 Å². The molecule has 8 nitrogen and oxygen atoms in total. The minimum Gasteiger partial charge on any atom is -0.273 e. The van der Waals surface area contributed by atoms with Crippen molar-refractivity contribution in [2.45, 2.75) is 31.8 Å². The van der Waals surface area contributed by atoms with Crippen molar-refractivity contribution in [1.82, 2.24) is 9.44 Å². The largest absolute Gasteiger partial charge is 0.333 e. The molecule has 0 unspecified atom stereocenters. The van der Waals surface area contributed by atoms with Crippen LogP contribution in [0.3, 0.4) is 0 Å². The molecule has 0 amide bonds. The second kappa shape index (κ2) is 7.68. The minimum absolute atomic E-state index is 0.182. The van der Waals surface area contributed by atoms with Gasteiger partial charge in [-0.2, -0.15) is 26.3 Å². The van der Waals surface area contributed by atoms with Crippen molar-refractivity contribution in [1.29, 1.82) is 0 Å². The third kappa shape index (κ3) is 6.57. The van der Waals surface area contributed by atoms with Gasteiger partial charge in [-0.25, -0.2) is 0 Å². The van der Waals surface area contributed by atoms with E-state index in [0.717, 1.165) is 0 Å². The van der Waals surface area contributed by atoms with Gasteiger partial charge in [-0.05, 0) is 18.1 Å². The van der Waals surface area contributed by atoms with Crippen LogP contribution < -0.4 is 9.44 Å². The van der Waals surface area contributed by atoms with E-state index in [1.807, 2.05) is 9.44 Å². The van der Waals surface area contributed by atoms with Gasteiger partial charge >= 0.3 is 20.6 Å². The Morgan fingerprint density at radius 2 is 1.64 bits per heavy atom. The first-order valence-corrected chi connectivity index (χ1v) is 9.53. The summed E-state index contributed by atoms with van der Waals surface area (Å²) in [6.07, 6.45) is 0.680. The Labute approximate surface area is 134 Å². The molecule has 0 saturated heterocycles. The van der Waals surface area contributed by atoms with Crippen LogP contribution in [0.25, 0.3) is 0 Å². The summed E-state index contributed by atoms with van der Waals surface area (Å²) in [5.41, 5.74) is 0.261. The number of hydrogen-bond acceptors (Lipinski definition) is 4. The zero-order chi connectivity index (χ0) is 17.0. The van der Waals surface area contributed by atoms with E-state index in [1.165, 1.54) is 12.1 Å². The van der Waals surface area contributed by atoms with Crippen LogP contribution in [0.15, 0.2) is 24.3 Å². The van der Waals surface area contributed by atoms with Gasteiger partial charge in [0.25, 0.3) is 0 Å². The molecule has 0 aromatic heterocycles. The van der Waals surface area contributed by atoms with E-state index in [-0.39, 0.29) is 17.0 Å². The highest BCUT2D eigenvalue weighted by Crippen LogP contribution is 2.27. The van der Waals surface area contributed by atoms with Crippen molar-refractivity contribution in [2.24, 2.45) is 0 Å². The van der Waals surface area contributed by atoms with Crippen LogP contribution in [-0.4, -0.2) is 32.0 Å². The highest BCUT2D eigenvalue weighted by atomic mass is 35.5. The predicted octanol–water partition coefficient (Wildman–Crippen LogP) is 1.33. The van der Waals surface area contributed by atoms with Crippen LogP contribution in [-0.2, 0) is 20.6 Å². The third-order valence-corrected chi connectivity index (χ3v) is 4.32. The molecule has 0 heterocycles. The van der Waals surface area contributed by atoms with Gasteiger partial charge in [0.05, 0.1) is 6.04 Å². The topological polar surface area (TPSA) is 133 Å². The van der Waals surface area contributed by atoms with Crippen molar-refractivity contribution in [3.63, 3.8) is 0 Å². The van der Waals surface area contributed by atoms with Gasteiger partial charge < -0.3 is 0 Å². The fourth-order valence-corrected chi connectivity index (χ4v) is 3.55. The number of rotatable bonds is 8. The predicted molar refractivity (Wildman–Crippen MR) is 82.3 cm³/mol. The minimum atomic E-state index is -4.63. The van der Waals surface area contributed by atoms with E-state index >= 15 is 0 Å². The fourth-order valence-electron chi connectivity index (χ4n) is 2.05. The molecule has 0 spiro atoms. The summed E-state index contributed by atoms with van der Waals surface area (Å²) < 4.78 is 66.3. The zero-order valence-electron chi connectivity index (χ0n) is 11.6. The van der Waals surface area contributed by atoms with Crippen molar-refractivity contribution < 1.29 is 25.9 Å². The lowest BCUT2D eigenvalue weighted by atomic mass is 9.97. The number of halogens is 1. The lowest BCUT2D eigenvalue weighted by Gasteiger charge is -2.27. The zero-order valence-corrected chi connectivity index (χ0v) is 14.0. The molecule has 0 aliphatic rings. The molecule has 11 heteroatoms. The SMILES string of the molecule is CCC[C@@H](NS(=O)(=O)O)[C@H](NS(=O)(=O)O)c1ccccc1Cl. The molecular weight excluding hydrogens is 356 g/mol. The molecule has 1 aromatic rings. The van der Waals surface area contributed by atoms with E-state index in [0.29, 0.717) is 6.42 Å². The van der Waals surface area contributed by atoms with E-state index in [2.05, 4.69) is 0 Å². The highest BCUT2D eigenvalue weighted by Gasteiger charge is 2.30. The van der Waals surface area contributed by atoms with Crippen LogP contribution in [0.2, 0.25) is 5.02 Å². The Hall–Kier alpha value is -0.750. The first-order valence-electron chi connectivity index (χ1n) is 6.27. The average molecular weight is 373 g/mol. The molecule has 126 valence electrons. The Bertz CT molecular complexity index is 707. The number of benzene rings is 1. The highest BCUT2D eigenvalue weighted by molar-refractivity contribution is 7.84. The lowest BCUT2D eigenvalue weighted by Crippen LogP contribution is -2.45. The van der Waals surface area contributed by atoms with Crippen LogP contribution in [0.5, 0.6) is 0 Å². The molecule has 1 rings (SSSR count). The van der Waals surface area contributed by atoms with Crippen LogP contribution in [0, 0.1) is 0 Å². The molecule has 4 N–H and O–H groups in total. The molecule has 0 radical (unpaired) electrons. The molecule has 0 fully saturated rings. The van der Waals surface area contributed by atoms with Crippen molar-refractivity contribution in [2.75, 3.05) is 0 Å². The van der Waals surface area contributed by atoms with Crippen LogP contribution in [0.1, 0.15) is 31.4 Å². The smallest absolute Gasteiger partial charge is 0.273 e. The van der Waals surface area contributed by atoms with E-state index in [1.54, 1.807) is 19.1 Å². The molecular formula is C11H17ClN2O6S2. The first kappa shape index (κ1) is 19.3. The summed E-state index contributed by atoms with van der Waals surface area (Å²) in [4.78, 5) is 0.